The molecule has 0 saturated carbocycles. The molecular weight excluding hydrogens is 462 g/mol. The number of aliphatic hydroxyl groups excluding tert-OH is 1. The first-order chi connectivity index (χ1) is 16.2. The van der Waals surface area contributed by atoms with Crippen molar-refractivity contribution in [1.29, 1.82) is 0 Å². The van der Waals surface area contributed by atoms with Crippen molar-refractivity contribution in [2.45, 2.75) is 43.9 Å². The van der Waals surface area contributed by atoms with Crippen LogP contribution in [-0.4, -0.2) is 81.7 Å². The Kier molecular flexibility index (Phi) is 10.4. The number of aliphatic hydroxyl groups is 1. The lowest BCUT2D eigenvalue weighted by atomic mass is 10.0. The van der Waals surface area contributed by atoms with Gasteiger partial charge in [0.15, 0.2) is 0 Å². The number of amides is 3. The number of carbonyl (C=O) groups excluding carboxylic acids is 3. The van der Waals surface area contributed by atoms with Gasteiger partial charge in [0.2, 0.25) is 17.7 Å². The van der Waals surface area contributed by atoms with Crippen molar-refractivity contribution in [3.05, 3.63) is 36.0 Å². The quantitative estimate of drug-likeness (QED) is 0.192. The molecule has 4 unspecified atom stereocenters. The molecule has 12 heteroatoms. The third-order valence-corrected chi connectivity index (χ3v) is 5.89. The summed E-state index contributed by atoms with van der Waals surface area (Å²) in [4.78, 5) is 52.1. The molecule has 34 heavy (non-hydrogen) atoms. The molecule has 4 atom stereocenters. The van der Waals surface area contributed by atoms with E-state index < -0.39 is 54.5 Å². The van der Waals surface area contributed by atoms with Gasteiger partial charge in [0.25, 0.3) is 0 Å². The summed E-state index contributed by atoms with van der Waals surface area (Å²) < 4.78 is 0. The highest BCUT2D eigenvalue weighted by atomic mass is 32.2. The Morgan fingerprint density at radius 2 is 1.71 bits per heavy atom. The first kappa shape index (κ1) is 27.2. The van der Waals surface area contributed by atoms with Gasteiger partial charge in [-0.3, -0.25) is 19.2 Å². The van der Waals surface area contributed by atoms with E-state index in [1.807, 2.05) is 30.5 Å². The first-order valence-corrected chi connectivity index (χ1v) is 12.1. The molecule has 0 aliphatic carbocycles. The molecule has 186 valence electrons. The maximum atomic E-state index is 13.1. The minimum absolute atomic E-state index is 0.0993. The number of nitrogens with two attached hydrogens (primary N) is 1. The lowest BCUT2D eigenvalue weighted by Gasteiger charge is -2.24. The van der Waals surface area contributed by atoms with Crippen LogP contribution in [0.2, 0.25) is 0 Å². The minimum atomic E-state index is -1.40. The number of rotatable bonds is 13. The Labute approximate surface area is 201 Å². The fraction of sp³-hybridized carbons (Fsp3) is 0.455. The highest BCUT2D eigenvalue weighted by Gasteiger charge is 2.29. The summed E-state index contributed by atoms with van der Waals surface area (Å²) >= 11 is 1.54. The number of aromatic nitrogens is 1. The number of carbonyl (C=O) groups is 4. The Hall–Kier alpha value is -3.09. The number of thioether (sulfide) groups is 1. The van der Waals surface area contributed by atoms with Gasteiger partial charge in [0.05, 0.1) is 12.6 Å². The summed E-state index contributed by atoms with van der Waals surface area (Å²) in [6.45, 7) is 0.497. The number of aliphatic carboxylic acids is 1. The van der Waals surface area contributed by atoms with Gasteiger partial charge in [-0.15, -0.1) is 0 Å². The average molecular weight is 494 g/mol. The molecule has 0 radical (unpaired) electrons. The van der Waals surface area contributed by atoms with Crippen LogP contribution in [-0.2, 0) is 25.6 Å². The molecule has 0 spiro atoms. The Morgan fingerprint density at radius 1 is 1.06 bits per heavy atom. The van der Waals surface area contributed by atoms with Gasteiger partial charge in [-0.05, 0) is 37.0 Å². The molecule has 1 aromatic carbocycles. The highest BCUT2D eigenvalue weighted by molar-refractivity contribution is 7.98. The molecule has 0 fully saturated rings. The Balaban J connectivity index is 2.21. The summed E-state index contributed by atoms with van der Waals surface area (Å²) in [5.74, 6) is -2.69. The molecular formula is C22H31N5O6S. The number of carboxylic acids is 1. The Morgan fingerprint density at radius 3 is 2.35 bits per heavy atom. The molecule has 0 aliphatic heterocycles. The summed E-state index contributed by atoms with van der Waals surface area (Å²) in [5, 5.41) is 26.7. The number of carboxylic acid groups (broad SMARTS) is 1. The van der Waals surface area contributed by atoms with Crippen molar-refractivity contribution < 1.29 is 29.4 Å². The van der Waals surface area contributed by atoms with Crippen LogP contribution in [0.15, 0.2) is 30.5 Å². The topological polar surface area (TPSA) is 187 Å². The molecule has 1 heterocycles. The zero-order valence-electron chi connectivity index (χ0n) is 19.0. The SMILES string of the molecule is CSCCC(N)C(=O)NC(Cc1c[nH]c2ccccc12)C(=O)NC(CO)C(=O)NC(C)C(=O)O. The van der Waals surface area contributed by atoms with E-state index in [0.717, 1.165) is 16.5 Å². The predicted molar refractivity (Wildman–Crippen MR) is 129 cm³/mol. The lowest BCUT2D eigenvalue weighted by molar-refractivity contribution is -0.142. The van der Waals surface area contributed by atoms with Crippen LogP contribution in [0.1, 0.15) is 18.9 Å². The van der Waals surface area contributed by atoms with Crippen LogP contribution >= 0.6 is 11.8 Å². The van der Waals surface area contributed by atoms with Crippen LogP contribution in [0.5, 0.6) is 0 Å². The largest absolute Gasteiger partial charge is 0.480 e. The van der Waals surface area contributed by atoms with Gasteiger partial charge in [0.1, 0.15) is 18.1 Å². The lowest BCUT2D eigenvalue weighted by Crippen LogP contribution is -2.58. The van der Waals surface area contributed by atoms with Crippen LogP contribution in [0, 0.1) is 0 Å². The van der Waals surface area contributed by atoms with Crippen molar-refractivity contribution in [3.63, 3.8) is 0 Å². The summed E-state index contributed by atoms with van der Waals surface area (Å²) in [6, 6.07) is 2.94. The molecule has 1 aromatic heterocycles. The normalized spacial score (nSPS) is 14.6. The van der Waals surface area contributed by atoms with E-state index >= 15 is 0 Å². The van der Waals surface area contributed by atoms with Gasteiger partial charge in [-0.1, -0.05) is 18.2 Å². The van der Waals surface area contributed by atoms with Gasteiger partial charge in [-0.25, -0.2) is 0 Å². The van der Waals surface area contributed by atoms with Crippen molar-refractivity contribution in [2.24, 2.45) is 5.73 Å². The van der Waals surface area contributed by atoms with E-state index in [1.165, 1.54) is 6.92 Å². The van der Waals surface area contributed by atoms with E-state index in [4.69, 9.17) is 10.8 Å². The number of H-pyrrole nitrogens is 1. The fourth-order valence-electron chi connectivity index (χ4n) is 3.23. The summed E-state index contributed by atoms with van der Waals surface area (Å²) in [5.41, 5.74) is 7.57. The maximum Gasteiger partial charge on any atom is 0.325 e. The fourth-order valence-corrected chi connectivity index (χ4v) is 3.72. The maximum absolute atomic E-state index is 13.1. The zero-order chi connectivity index (χ0) is 25.3. The van der Waals surface area contributed by atoms with E-state index in [1.54, 1.807) is 18.0 Å². The van der Waals surface area contributed by atoms with E-state index in [9.17, 15) is 24.3 Å². The third kappa shape index (κ3) is 7.47. The number of benzene rings is 1. The standard InChI is InChI=1S/C22H31N5O6S/c1-12(22(32)33)25-21(31)18(11-28)27-20(30)17(26-19(29)15(23)7-8-34-2)9-13-10-24-16-6-4-3-5-14(13)16/h3-6,10,12,15,17-18,24,28H,7-9,11,23H2,1-2H3,(H,25,31)(H,26,29)(H,27,30)(H,32,33). The minimum Gasteiger partial charge on any atom is -0.480 e. The predicted octanol–water partition coefficient (Wildman–Crippen LogP) is -0.658. The van der Waals surface area contributed by atoms with Crippen LogP contribution in [0.3, 0.4) is 0 Å². The average Bonchev–Trinajstić information content (AvgIpc) is 3.22. The molecule has 3 amide bonds. The first-order valence-electron chi connectivity index (χ1n) is 10.7. The number of aromatic amines is 1. The molecule has 0 bridgehead atoms. The summed E-state index contributed by atoms with van der Waals surface area (Å²) in [7, 11) is 0. The number of para-hydroxylation sites is 1. The van der Waals surface area contributed by atoms with Gasteiger partial charge >= 0.3 is 5.97 Å². The van der Waals surface area contributed by atoms with E-state index in [0.29, 0.717) is 12.2 Å². The number of fused-ring (bicyclic) bond motifs is 1. The third-order valence-electron chi connectivity index (χ3n) is 5.25. The monoisotopic (exact) mass is 493 g/mol. The number of hydrogen-bond acceptors (Lipinski definition) is 7. The highest BCUT2D eigenvalue weighted by Crippen LogP contribution is 2.19. The van der Waals surface area contributed by atoms with Gasteiger partial charge < -0.3 is 36.9 Å². The van der Waals surface area contributed by atoms with E-state index in [-0.39, 0.29) is 6.42 Å². The molecule has 2 rings (SSSR count). The molecule has 0 saturated heterocycles. The molecule has 8 N–H and O–H groups in total. The summed E-state index contributed by atoms with van der Waals surface area (Å²) in [6.07, 6.45) is 4.14. The molecule has 2 aromatic rings. The molecule has 11 nitrogen and oxygen atoms in total. The smallest absolute Gasteiger partial charge is 0.325 e. The second-order valence-electron chi connectivity index (χ2n) is 7.83. The van der Waals surface area contributed by atoms with Crippen LogP contribution < -0.4 is 21.7 Å². The van der Waals surface area contributed by atoms with Gasteiger partial charge in [-0.2, -0.15) is 11.8 Å². The zero-order valence-corrected chi connectivity index (χ0v) is 19.9. The van der Waals surface area contributed by atoms with Gasteiger partial charge in [0, 0.05) is 23.5 Å². The van der Waals surface area contributed by atoms with E-state index in [2.05, 4.69) is 20.9 Å². The number of nitrogens with one attached hydrogen (secondary N) is 4. The van der Waals surface area contributed by atoms with Crippen molar-refractivity contribution in [1.82, 2.24) is 20.9 Å². The van der Waals surface area contributed by atoms with Crippen molar-refractivity contribution in [2.75, 3.05) is 18.6 Å². The number of hydrogen-bond donors (Lipinski definition) is 7. The molecule has 0 aliphatic rings. The van der Waals surface area contributed by atoms with Crippen molar-refractivity contribution in [3.8, 4) is 0 Å². The van der Waals surface area contributed by atoms with Crippen LogP contribution in [0.4, 0.5) is 0 Å². The Bertz CT molecular complexity index is 1010. The van der Waals surface area contributed by atoms with Crippen LogP contribution in [0.25, 0.3) is 10.9 Å². The second kappa shape index (κ2) is 13.0. The van der Waals surface area contributed by atoms with Crippen molar-refractivity contribution >= 4 is 46.4 Å². The second-order valence-corrected chi connectivity index (χ2v) is 8.81.